The zero-order valence-electron chi connectivity index (χ0n) is 16.7. The lowest BCUT2D eigenvalue weighted by molar-refractivity contribution is -0.140. The molecule has 32 heavy (non-hydrogen) atoms. The standard InChI is InChI=1S/C21H15F4N3O4/c1-28-19(30-2)9-18(27-20(28)29)31-11-12-3-6-17(13(7-12)10-26)32-14-4-5-16(22)15(8-14)21(23,24)25/h3-9H,11H2,1-2H3. The molecular weight excluding hydrogens is 434 g/mol. The van der Waals surface area contributed by atoms with Crippen LogP contribution in [0.25, 0.3) is 0 Å². The molecule has 0 aliphatic rings. The molecule has 11 heteroatoms. The Morgan fingerprint density at radius 2 is 1.91 bits per heavy atom. The van der Waals surface area contributed by atoms with E-state index in [4.69, 9.17) is 14.2 Å². The molecule has 7 nitrogen and oxygen atoms in total. The van der Waals surface area contributed by atoms with Crippen LogP contribution in [0.3, 0.4) is 0 Å². The van der Waals surface area contributed by atoms with E-state index in [-0.39, 0.29) is 35.4 Å². The van der Waals surface area contributed by atoms with E-state index in [2.05, 4.69) is 4.98 Å². The molecule has 0 atom stereocenters. The highest BCUT2D eigenvalue weighted by molar-refractivity contribution is 5.48. The van der Waals surface area contributed by atoms with Crippen molar-refractivity contribution < 1.29 is 31.8 Å². The highest BCUT2D eigenvalue weighted by Gasteiger charge is 2.34. The molecule has 0 bridgehead atoms. The molecule has 3 aromatic rings. The van der Waals surface area contributed by atoms with Gasteiger partial charge < -0.3 is 14.2 Å². The smallest absolute Gasteiger partial charge is 0.419 e. The van der Waals surface area contributed by atoms with Gasteiger partial charge >= 0.3 is 11.9 Å². The average molecular weight is 449 g/mol. The van der Waals surface area contributed by atoms with Crippen molar-refractivity contribution in [2.75, 3.05) is 7.11 Å². The maximum atomic E-state index is 13.4. The Hall–Kier alpha value is -4.07. The Kier molecular flexibility index (Phi) is 6.34. The zero-order valence-corrected chi connectivity index (χ0v) is 16.7. The molecular formula is C21H15F4N3O4. The Morgan fingerprint density at radius 1 is 1.16 bits per heavy atom. The molecule has 0 spiro atoms. The first-order valence-corrected chi connectivity index (χ1v) is 8.95. The summed E-state index contributed by atoms with van der Waals surface area (Å²) < 4.78 is 69.2. The van der Waals surface area contributed by atoms with E-state index < -0.39 is 23.2 Å². The van der Waals surface area contributed by atoms with Crippen LogP contribution in [0.4, 0.5) is 17.6 Å². The van der Waals surface area contributed by atoms with E-state index in [9.17, 15) is 27.6 Å². The van der Waals surface area contributed by atoms with Gasteiger partial charge in [-0.05, 0) is 35.9 Å². The lowest BCUT2D eigenvalue weighted by Gasteiger charge is -2.13. The van der Waals surface area contributed by atoms with Crippen LogP contribution < -0.4 is 19.9 Å². The first-order chi connectivity index (χ1) is 15.1. The summed E-state index contributed by atoms with van der Waals surface area (Å²) in [5.74, 6) is -1.49. The topological polar surface area (TPSA) is 86.4 Å². The van der Waals surface area contributed by atoms with Crippen molar-refractivity contribution in [3.05, 3.63) is 75.5 Å². The number of methoxy groups -OCH3 is 1. The van der Waals surface area contributed by atoms with Crippen molar-refractivity contribution in [1.29, 1.82) is 5.26 Å². The second-order valence-electron chi connectivity index (χ2n) is 6.45. The van der Waals surface area contributed by atoms with Crippen molar-refractivity contribution in [2.45, 2.75) is 12.8 Å². The fourth-order valence-corrected chi connectivity index (χ4v) is 2.68. The molecule has 2 aromatic carbocycles. The molecule has 0 aliphatic carbocycles. The molecule has 0 unspecified atom stereocenters. The van der Waals surface area contributed by atoms with Gasteiger partial charge in [0.2, 0.25) is 11.8 Å². The van der Waals surface area contributed by atoms with E-state index >= 15 is 0 Å². The Labute approximate surface area is 179 Å². The summed E-state index contributed by atoms with van der Waals surface area (Å²) in [6.07, 6.45) is -4.89. The molecule has 0 aliphatic heterocycles. The summed E-state index contributed by atoms with van der Waals surface area (Å²) in [4.78, 5) is 15.5. The number of nitriles is 1. The molecule has 1 heterocycles. The molecule has 166 valence electrons. The minimum absolute atomic E-state index is 0.00905. The molecule has 0 fully saturated rings. The van der Waals surface area contributed by atoms with Crippen molar-refractivity contribution in [1.82, 2.24) is 9.55 Å². The largest absolute Gasteiger partial charge is 0.482 e. The maximum Gasteiger partial charge on any atom is 0.419 e. The van der Waals surface area contributed by atoms with Gasteiger partial charge in [0, 0.05) is 7.05 Å². The van der Waals surface area contributed by atoms with Crippen LogP contribution in [-0.4, -0.2) is 16.7 Å². The number of aromatic nitrogens is 2. The predicted molar refractivity (Wildman–Crippen MR) is 103 cm³/mol. The van der Waals surface area contributed by atoms with Crippen LogP contribution in [0.2, 0.25) is 0 Å². The third-order valence-corrected chi connectivity index (χ3v) is 4.30. The van der Waals surface area contributed by atoms with Crippen LogP contribution in [0, 0.1) is 17.1 Å². The van der Waals surface area contributed by atoms with Crippen molar-refractivity contribution in [3.63, 3.8) is 0 Å². The first-order valence-electron chi connectivity index (χ1n) is 8.95. The van der Waals surface area contributed by atoms with Crippen molar-refractivity contribution in [2.24, 2.45) is 7.05 Å². The van der Waals surface area contributed by atoms with Crippen molar-refractivity contribution >= 4 is 0 Å². The number of rotatable bonds is 6. The Bertz CT molecular complexity index is 1250. The number of hydrogen-bond acceptors (Lipinski definition) is 6. The van der Waals surface area contributed by atoms with Crippen LogP contribution in [0.15, 0.2) is 47.3 Å². The van der Waals surface area contributed by atoms with E-state index in [0.717, 1.165) is 6.07 Å². The van der Waals surface area contributed by atoms with Gasteiger partial charge in [-0.3, -0.25) is 4.57 Å². The van der Waals surface area contributed by atoms with Gasteiger partial charge in [-0.25, -0.2) is 9.18 Å². The van der Waals surface area contributed by atoms with Gasteiger partial charge in [0.15, 0.2) is 0 Å². The summed E-state index contributed by atoms with van der Waals surface area (Å²) in [7, 11) is 2.86. The zero-order chi connectivity index (χ0) is 23.5. The SMILES string of the molecule is COc1cc(OCc2ccc(Oc3ccc(F)c(C(F)(F)F)c3)c(C#N)c2)nc(=O)n1C. The lowest BCUT2D eigenvalue weighted by Crippen LogP contribution is -2.21. The monoisotopic (exact) mass is 449 g/mol. The fraction of sp³-hybridized carbons (Fsp3) is 0.190. The second-order valence-corrected chi connectivity index (χ2v) is 6.45. The highest BCUT2D eigenvalue weighted by atomic mass is 19.4. The minimum Gasteiger partial charge on any atom is -0.482 e. The summed E-state index contributed by atoms with van der Waals surface area (Å²) in [6, 6.07) is 9.76. The first kappa shape index (κ1) is 22.6. The summed E-state index contributed by atoms with van der Waals surface area (Å²) in [6.45, 7) is -0.0624. The summed E-state index contributed by atoms with van der Waals surface area (Å²) in [5.41, 5.74) is -1.54. The second kappa shape index (κ2) is 8.97. The molecule has 3 rings (SSSR count). The molecule has 1 aromatic heterocycles. The number of nitrogens with zero attached hydrogens (tertiary/aromatic N) is 3. The molecule has 0 N–H and O–H groups in total. The Balaban J connectivity index is 1.79. The average Bonchev–Trinajstić information content (AvgIpc) is 2.75. The molecule has 0 radical (unpaired) electrons. The van der Waals surface area contributed by atoms with Gasteiger partial charge in [0.25, 0.3) is 0 Å². The number of benzene rings is 2. The van der Waals surface area contributed by atoms with Crippen LogP contribution in [0.5, 0.6) is 23.3 Å². The third kappa shape index (κ3) is 4.97. The maximum absolute atomic E-state index is 13.4. The van der Waals surface area contributed by atoms with E-state index in [1.54, 1.807) is 0 Å². The van der Waals surface area contributed by atoms with Gasteiger partial charge in [-0.1, -0.05) is 6.07 Å². The predicted octanol–water partition coefficient (Wildman–Crippen LogP) is 4.19. The van der Waals surface area contributed by atoms with Crippen molar-refractivity contribution in [3.8, 4) is 29.3 Å². The van der Waals surface area contributed by atoms with Gasteiger partial charge in [-0.2, -0.15) is 23.4 Å². The number of halogens is 4. The van der Waals surface area contributed by atoms with E-state index in [1.807, 2.05) is 6.07 Å². The number of ether oxygens (including phenoxy) is 3. The number of alkyl halides is 3. The van der Waals surface area contributed by atoms with Crippen LogP contribution in [0.1, 0.15) is 16.7 Å². The number of hydrogen-bond donors (Lipinski definition) is 0. The van der Waals surface area contributed by atoms with Gasteiger partial charge in [-0.15, -0.1) is 0 Å². The van der Waals surface area contributed by atoms with Gasteiger partial charge in [0.1, 0.15) is 30.0 Å². The molecule has 0 saturated heterocycles. The fourth-order valence-electron chi connectivity index (χ4n) is 2.68. The van der Waals surface area contributed by atoms with Crippen LogP contribution >= 0.6 is 0 Å². The highest BCUT2D eigenvalue weighted by Crippen LogP contribution is 2.35. The lowest BCUT2D eigenvalue weighted by atomic mass is 10.1. The van der Waals surface area contributed by atoms with E-state index in [0.29, 0.717) is 17.7 Å². The third-order valence-electron chi connectivity index (χ3n) is 4.30. The summed E-state index contributed by atoms with van der Waals surface area (Å²) >= 11 is 0. The Morgan fingerprint density at radius 3 is 2.56 bits per heavy atom. The van der Waals surface area contributed by atoms with Gasteiger partial charge in [0.05, 0.1) is 24.3 Å². The molecule has 0 amide bonds. The van der Waals surface area contributed by atoms with E-state index in [1.165, 1.54) is 43.0 Å². The normalized spacial score (nSPS) is 11.0. The molecule has 0 saturated carbocycles. The van der Waals surface area contributed by atoms with Crippen LogP contribution in [-0.2, 0) is 19.8 Å². The summed E-state index contributed by atoms with van der Waals surface area (Å²) in [5, 5.41) is 9.39. The quantitative estimate of drug-likeness (QED) is 0.525. The minimum atomic E-state index is -4.89.